The SMILES string of the molecule is c1cc(-c2nnc(NC3CCC4CCCC4C3)s2)no1. The van der Waals surface area contributed by atoms with Crippen LogP contribution in [-0.2, 0) is 0 Å². The maximum absolute atomic E-state index is 4.84. The second kappa shape index (κ2) is 5.16. The Morgan fingerprint density at radius 1 is 1.15 bits per heavy atom. The molecule has 106 valence electrons. The van der Waals surface area contributed by atoms with Gasteiger partial charge in [-0.05, 0) is 31.1 Å². The van der Waals surface area contributed by atoms with Gasteiger partial charge in [-0.25, -0.2) is 0 Å². The molecule has 3 unspecified atom stereocenters. The molecule has 6 heteroatoms. The van der Waals surface area contributed by atoms with Crippen molar-refractivity contribution in [2.45, 2.75) is 44.6 Å². The normalized spacial score (nSPS) is 29.3. The average molecular weight is 290 g/mol. The molecule has 2 aliphatic rings. The van der Waals surface area contributed by atoms with Gasteiger partial charge in [0, 0.05) is 12.1 Å². The molecule has 2 aliphatic carbocycles. The summed E-state index contributed by atoms with van der Waals surface area (Å²) in [7, 11) is 0. The van der Waals surface area contributed by atoms with Crippen molar-refractivity contribution < 1.29 is 4.52 Å². The molecule has 5 nitrogen and oxygen atoms in total. The lowest BCUT2D eigenvalue weighted by atomic mass is 9.79. The third-order valence-corrected chi connectivity index (χ3v) is 5.58. The third kappa shape index (κ3) is 2.32. The van der Waals surface area contributed by atoms with Crippen molar-refractivity contribution in [3.8, 4) is 10.7 Å². The fraction of sp³-hybridized carbons (Fsp3) is 0.643. The van der Waals surface area contributed by atoms with Crippen LogP contribution in [0.3, 0.4) is 0 Å². The molecule has 1 N–H and O–H groups in total. The highest BCUT2D eigenvalue weighted by molar-refractivity contribution is 7.18. The van der Waals surface area contributed by atoms with Crippen molar-refractivity contribution in [3.05, 3.63) is 12.3 Å². The van der Waals surface area contributed by atoms with Crippen molar-refractivity contribution in [2.24, 2.45) is 11.8 Å². The minimum Gasteiger partial charge on any atom is -0.364 e. The van der Waals surface area contributed by atoms with Crippen molar-refractivity contribution >= 4 is 16.5 Å². The van der Waals surface area contributed by atoms with E-state index in [2.05, 4.69) is 20.7 Å². The van der Waals surface area contributed by atoms with E-state index in [-0.39, 0.29) is 0 Å². The first-order chi connectivity index (χ1) is 9.88. The Hall–Kier alpha value is -1.43. The lowest BCUT2D eigenvalue weighted by Crippen LogP contribution is -2.30. The van der Waals surface area contributed by atoms with Crippen molar-refractivity contribution in [1.29, 1.82) is 0 Å². The maximum Gasteiger partial charge on any atom is 0.206 e. The second-order valence-electron chi connectivity index (χ2n) is 5.90. The van der Waals surface area contributed by atoms with E-state index in [4.69, 9.17) is 4.52 Å². The number of hydrogen-bond acceptors (Lipinski definition) is 6. The van der Waals surface area contributed by atoms with E-state index >= 15 is 0 Å². The van der Waals surface area contributed by atoms with E-state index in [1.54, 1.807) is 17.6 Å². The largest absolute Gasteiger partial charge is 0.364 e. The zero-order valence-electron chi connectivity index (χ0n) is 11.3. The standard InChI is InChI=1S/C14H18N4OS/c1-2-9-4-5-11(8-10(9)3-1)15-14-17-16-13(20-14)12-6-7-19-18-12/h6-7,9-11H,1-5,8H2,(H,15,17). The maximum atomic E-state index is 4.84. The topological polar surface area (TPSA) is 63.8 Å². The van der Waals surface area contributed by atoms with Crippen LogP contribution in [0, 0.1) is 11.8 Å². The van der Waals surface area contributed by atoms with Gasteiger partial charge in [0.15, 0.2) is 5.01 Å². The molecule has 20 heavy (non-hydrogen) atoms. The fourth-order valence-electron chi connectivity index (χ4n) is 3.72. The van der Waals surface area contributed by atoms with Crippen LogP contribution in [0.1, 0.15) is 38.5 Å². The Morgan fingerprint density at radius 2 is 2.10 bits per heavy atom. The van der Waals surface area contributed by atoms with Gasteiger partial charge >= 0.3 is 0 Å². The van der Waals surface area contributed by atoms with Crippen molar-refractivity contribution in [2.75, 3.05) is 5.32 Å². The Labute approximate surface area is 121 Å². The minimum atomic E-state index is 0.562. The fourth-order valence-corrected chi connectivity index (χ4v) is 4.50. The van der Waals surface area contributed by atoms with Gasteiger partial charge in [-0.3, -0.25) is 0 Å². The third-order valence-electron chi connectivity index (χ3n) is 4.70. The number of rotatable bonds is 3. The summed E-state index contributed by atoms with van der Waals surface area (Å²) in [5.41, 5.74) is 0.759. The predicted octanol–water partition coefficient (Wildman–Crippen LogP) is 3.57. The molecule has 0 spiro atoms. The molecule has 0 aliphatic heterocycles. The molecular formula is C14H18N4OS. The van der Waals surface area contributed by atoms with E-state index < -0.39 is 0 Å². The lowest BCUT2D eigenvalue weighted by Gasteiger charge is -2.32. The predicted molar refractivity (Wildman–Crippen MR) is 77.5 cm³/mol. The van der Waals surface area contributed by atoms with E-state index in [1.165, 1.54) is 38.5 Å². The monoisotopic (exact) mass is 290 g/mol. The summed E-state index contributed by atoms with van der Waals surface area (Å²) in [6.07, 6.45) is 9.79. The molecule has 0 radical (unpaired) electrons. The van der Waals surface area contributed by atoms with E-state index in [1.807, 2.05) is 6.07 Å². The van der Waals surface area contributed by atoms with Crippen LogP contribution >= 0.6 is 11.3 Å². The summed E-state index contributed by atoms with van der Waals surface area (Å²) in [6, 6.07) is 2.38. The smallest absolute Gasteiger partial charge is 0.206 e. The molecule has 0 aromatic carbocycles. The first-order valence-corrected chi connectivity index (χ1v) is 8.21. The Kier molecular flexibility index (Phi) is 3.18. The zero-order valence-corrected chi connectivity index (χ0v) is 12.1. The Morgan fingerprint density at radius 3 is 3.00 bits per heavy atom. The van der Waals surface area contributed by atoms with Gasteiger partial charge in [-0.2, -0.15) is 0 Å². The summed E-state index contributed by atoms with van der Waals surface area (Å²) in [4.78, 5) is 0. The minimum absolute atomic E-state index is 0.562. The number of fused-ring (bicyclic) bond motifs is 1. The van der Waals surface area contributed by atoms with E-state index in [0.717, 1.165) is 27.7 Å². The van der Waals surface area contributed by atoms with Crippen LogP contribution in [0.2, 0.25) is 0 Å². The highest BCUT2D eigenvalue weighted by atomic mass is 32.1. The molecule has 0 saturated heterocycles. The molecule has 2 saturated carbocycles. The summed E-state index contributed by atoms with van der Waals surface area (Å²) >= 11 is 1.55. The van der Waals surface area contributed by atoms with Crippen LogP contribution in [0.5, 0.6) is 0 Å². The number of aromatic nitrogens is 3. The van der Waals surface area contributed by atoms with E-state index in [9.17, 15) is 0 Å². The molecule has 3 atom stereocenters. The van der Waals surface area contributed by atoms with Crippen LogP contribution in [0.25, 0.3) is 10.7 Å². The summed E-state index contributed by atoms with van der Waals surface area (Å²) in [5, 5.41) is 17.6. The quantitative estimate of drug-likeness (QED) is 0.936. The van der Waals surface area contributed by atoms with Crippen LogP contribution in [0.4, 0.5) is 5.13 Å². The van der Waals surface area contributed by atoms with Crippen molar-refractivity contribution in [3.63, 3.8) is 0 Å². The number of nitrogens with zero attached hydrogens (tertiary/aromatic N) is 3. The van der Waals surface area contributed by atoms with Gasteiger partial charge in [-0.1, -0.05) is 35.8 Å². The van der Waals surface area contributed by atoms with Gasteiger partial charge in [0.1, 0.15) is 12.0 Å². The van der Waals surface area contributed by atoms with Crippen LogP contribution in [-0.4, -0.2) is 21.4 Å². The van der Waals surface area contributed by atoms with Crippen LogP contribution in [0.15, 0.2) is 16.9 Å². The molecule has 4 rings (SSSR count). The lowest BCUT2D eigenvalue weighted by molar-refractivity contribution is 0.261. The van der Waals surface area contributed by atoms with Gasteiger partial charge in [0.2, 0.25) is 5.13 Å². The van der Waals surface area contributed by atoms with Crippen molar-refractivity contribution in [1.82, 2.24) is 15.4 Å². The van der Waals surface area contributed by atoms with Gasteiger partial charge < -0.3 is 9.84 Å². The Bertz CT molecular complexity index is 568. The summed E-state index contributed by atoms with van der Waals surface area (Å²) in [5.74, 6) is 1.93. The molecule has 2 fully saturated rings. The first-order valence-electron chi connectivity index (χ1n) is 7.39. The summed E-state index contributed by atoms with van der Waals surface area (Å²) in [6.45, 7) is 0. The molecule has 2 heterocycles. The number of nitrogens with one attached hydrogen (secondary N) is 1. The highest BCUT2D eigenvalue weighted by Gasteiger charge is 2.33. The van der Waals surface area contributed by atoms with Gasteiger partial charge in [0.25, 0.3) is 0 Å². The Balaban J connectivity index is 1.42. The second-order valence-corrected chi connectivity index (χ2v) is 6.88. The zero-order chi connectivity index (χ0) is 13.4. The van der Waals surface area contributed by atoms with E-state index in [0.29, 0.717) is 6.04 Å². The number of anilines is 1. The van der Waals surface area contributed by atoms with Gasteiger partial charge in [0.05, 0.1) is 0 Å². The van der Waals surface area contributed by atoms with Crippen LogP contribution < -0.4 is 5.32 Å². The average Bonchev–Trinajstić information content (AvgIpc) is 3.19. The molecule has 0 amide bonds. The first kappa shape index (κ1) is 12.3. The number of hydrogen-bond donors (Lipinski definition) is 1. The van der Waals surface area contributed by atoms with Gasteiger partial charge in [-0.15, -0.1) is 10.2 Å². The summed E-state index contributed by atoms with van der Waals surface area (Å²) < 4.78 is 4.84. The highest BCUT2D eigenvalue weighted by Crippen LogP contribution is 2.42. The molecule has 2 aromatic heterocycles. The molecule has 2 aromatic rings. The molecular weight excluding hydrogens is 272 g/mol. The molecule has 0 bridgehead atoms.